The van der Waals surface area contributed by atoms with E-state index in [1.165, 1.54) is 6.07 Å². The highest BCUT2D eigenvalue weighted by atomic mass is 16.6. The Morgan fingerprint density at radius 1 is 1.47 bits per heavy atom. The molecule has 0 spiro atoms. The third-order valence-corrected chi connectivity index (χ3v) is 2.49. The van der Waals surface area contributed by atoms with Gasteiger partial charge in [0, 0.05) is 24.4 Å². The van der Waals surface area contributed by atoms with Crippen LogP contribution in [0.5, 0.6) is 5.75 Å². The second-order valence-electron chi connectivity index (χ2n) is 4.07. The number of anilines is 1. The van der Waals surface area contributed by atoms with Gasteiger partial charge in [-0.2, -0.15) is 0 Å². The van der Waals surface area contributed by atoms with Gasteiger partial charge in [-0.25, -0.2) is 0 Å². The third-order valence-electron chi connectivity index (χ3n) is 2.49. The van der Waals surface area contributed by atoms with Crippen molar-refractivity contribution in [1.82, 2.24) is 0 Å². The van der Waals surface area contributed by atoms with Crippen LogP contribution in [0.2, 0.25) is 0 Å². The van der Waals surface area contributed by atoms with E-state index in [1.54, 1.807) is 12.1 Å². The van der Waals surface area contributed by atoms with Crippen LogP contribution >= 0.6 is 0 Å². The fourth-order valence-corrected chi connectivity index (χ4v) is 1.57. The minimum Gasteiger partial charge on any atom is -0.487 e. The van der Waals surface area contributed by atoms with Crippen molar-refractivity contribution in [2.24, 2.45) is 0 Å². The second kappa shape index (κ2) is 8.13. The maximum atomic E-state index is 10.9. The highest BCUT2D eigenvalue weighted by Crippen LogP contribution is 2.30. The van der Waals surface area contributed by atoms with Crippen LogP contribution in [0.25, 0.3) is 0 Å². The van der Waals surface area contributed by atoms with Gasteiger partial charge >= 0.3 is 5.69 Å². The van der Waals surface area contributed by atoms with Gasteiger partial charge in [-0.3, -0.25) is 10.1 Å². The Labute approximate surface area is 113 Å². The maximum Gasteiger partial charge on any atom is 0.311 e. The predicted octanol–water partition coefficient (Wildman–Crippen LogP) is 3.76. The standard InChI is InChI=1S/C14H20N2O3/c1-3-5-6-9-15-12-7-8-13(16(17)18)14(11-12)19-10-4-2/h3,5,7-8,11,15H,4,6,9-10H2,1-2H3/b5-3+. The molecule has 0 unspecified atom stereocenters. The van der Waals surface area contributed by atoms with Crippen molar-refractivity contribution >= 4 is 11.4 Å². The number of ether oxygens (including phenoxy) is 1. The molecule has 1 rings (SSSR count). The summed E-state index contributed by atoms with van der Waals surface area (Å²) in [6.45, 7) is 5.20. The van der Waals surface area contributed by atoms with Crippen LogP contribution in [0.15, 0.2) is 30.4 Å². The lowest BCUT2D eigenvalue weighted by atomic mass is 10.2. The number of benzene rings is 1. The van der Waals surface area contributed by atoms with Gasteiger partial charge in [-0.1, -0.05) is 19.1 Å². The highest BCUT2D eigenvalue weighted by molar-refractivity contribution is 5.58. The molecule has 0 atom stereocenters. The van der Waals surface area contributed by atoms with Crippen molar-refractivity contribution in [2.45, 2.75) is 26.7 Å². The van der Waals surface area contributed by atoms with Gasteiger partial charge < -0.3 is 10.1 Å². The largest absolute Gasteiger partial charge is 0.487 e. The lowest BCUT2D eigenvalue weighted by Gasteiger charge is -2.09. The van der Waals surface area contributed by atoms with Crippen molar-refractivity contribution < 1.29 is 9.66 Å². The Bertz CT molecular complexity index is 444. The summed E-state index contributed by atoms with van der Waals surface area (Å²) in [5.74, 6) is 0.322. The lowest BCUT2D eigenvalue weighted by Crippen LogP contribution is -2.03. The molecule has 0 heterocycles. The van der Waals surface area contributed by atoms with Gasteiger partial charge in [-0.05, 0) is 25.8 Å². The van der Waals surface area contributed by atoms with Crippen molar-refractivity contribution in [3.8, 4) is 5.75 Å². The number of nitrogens with one attached hydrogen (secondary N) is 1. The van der Waals surface area contributed by atoms with Crippen molar-refractivity contribution in [3.05, 3.63) is 40.5 Å². The molecular weight excluding hydrogens is 244 g/mol. The molecule has 1 N–H and O–H groups in total. The molecule has 5 heteroatoms. The van der Waals surface area contributed by atoms with Gasteiger partial charge in [0.25, 0.3) is 0 Å². The van der Waals surface area contributed by atoms with Gasteiger partial charge in [0.2, 0.25) is 0 Å². The first-order valence-corrected chi connectivity index (χ1v) is 6.45. The molecule has 0 aliphatic heterocycles. The number of hydrogen-bond acceptors (Lipinski definition) is 4. The number of nitro groups is 1. The molecule has 0 aliphatic carbocycles. The molecule has 104 valence electrons. The van der Waals surface area contributed by atoms with E-state index in [0.29, 0.717) is 12.4 Å². The smallest absolute Gasteiger partial charge is 0.311 e. The number of nitro benzene ring substituents is 1. The van der Waals surface area contributed by atoms with Gasteiger partial charge in [-0.15, -0.1) is 0 Å². The number of rotatable bonds is 8. The van der Waals surface area contributed by atoms with E-state index >= 15 is 0 Å². The molecule has 0 amide bonds. The fourth-order valence-electron chi connectivity index (χ4n) is 1.57. The van der Waals surface area contributed by atoms with Gasteiger partial charge in [0.05, 0.1) is 11.5 Å². The maximum absolute atomic E-state index is 10.9. The molecular formula is C14H20N2O3. The van der Waals surface area contributed by atoms with E-state index in [9.17, 15) is 10.1 Å². The summed E-state index contributed by atoms with van der Waals surface area (Å²) < 4.78 is 5.42. The summed E-state index contributed by atoms with van der Waals surface area (Å²) in [5, 5.41) is 14.1. The fraction of sp³-hybridized carbons (Fsp3) is 0.429. The van der Waals surface area contributed by atoms with E-state index in [-0.39, 0.29) is 5.69 Å². The predicted molar refractivity (Wildman–Crippen MR) is 76.8 cm³/mol. The van der Waals surface area contributed by atoms with Crippen molar-refractivity contribution in [2.75, 3.05) is 18.5 Å². The minimum atomic E-state index is -0.422. The molecule has 0 bridgehead atoms. The Balaban J connectivity index is 2.75. The molecule has 5 nitrogen and oxygen atoms in total. The van der Waals surface area contributed by atoms with Crippen LogP contribution in [0.3, 0.4) is 0 Å². The zero-order valence-electron chi connectivity index (χ0n) is 11.4. The first kappa shape index (κ1) is 15.0. The van der Waals surface area contributed by atoms with Crippen molar-refractivity contribution in [3.63, 3.8) is 0 Å². The van der Waals surface area contributed by atoms with E-state index in [1.807, 2.05) is 19.9 Å². The number of allylic oxidation sites excluding steroid dienone is 1. The molecule has 0 fully saturated rings. The van der Waals surface area contributed by atoms with E-state index < -0.39 is 4.92 Å². The van der Waals surface area contributed by atoms with E-state index in [0.717, 1.165) is 25.1 Å². The topological polar surface area (TPSA) is 64.4 Å². The SMILES string of the molecule is C/C=C/CCNc1ccc([N+](=O)[O-])c(OCCC)c1. The first-order valence-electron chi connectivity index (χ1n) is 6.45. The lowest BCUT2D eigenvalue weighted by molar-refractivity contribution is -0.385. The normalized spacial score (nSPS) is 10.6. The Kier molecular flexibility index (Phi) is 6.43. The summed E-state index contributed by atoms with van der Waals surface area (Å²) in [6, 6.07) is 4.86. The second-order valence-corrected chi connectivity index (χ2v) is 4.07. The molecule has 0 saturated carbocycles. The van der Waals surface area contributed by atoms with E-state index in [4.69, 9.17) is 4.74 Å². The van der Waals surface area contributed by atoms with Crippen LogP contribution in [-0.2, 0) is 0 Å². The monoisotopic (exact) mass is 264 g/mol. The average molecular weight is 264 g/mol. The van der Waals surface area contributed by atoms with Crippen LogP contribution in [0.4, 0.5) is 11.4 Å². The molecule has 1 aromatic rings. The summed E-state index contributed by atoms with van der Waals surface area (Å²) >= 11 is 0. The Hall–Kier alpha value is -2.04. The summed E-state index contributed by atoms with van der Waals surface area (Å²) in [5.41, 5.74) is 0.841. The Morgan fingerprint density at radius 3 is 2.89 bits per heavy atom. The van der Waals surface area contributed by atoms with Crippen molar-refractivity contribution in [1.29, 1.82) is 0 Å². The quantitative estimate of drug-likeness (QED) is 0.336. The Morgan fingerprint density at radius 2 is 2.26 bits per heavy atom. The zero-order valence-corrected chi connectivity index (χ0v) is 11.4. The molecule has 0 saturated heterocycles. The van der Waals surface area contributed by atoms with Crippen LogP contribution in [0.1, 0.15) is 26.7 Å². The average Bonchev–Trinajstić information content (AvgIpc) is 2.41. The molecule has 0 aliphatic rings. The van der Waals surface area contributed by atoms with Crippen LogP contribution in [-0.4, -0.2) is 18.1 Å². The summed E-state index contributed by atoms with van der Waals surface area (Å²) in [7, 11) is 0. The molecule has 0 radical (unpaired) electrons. The summed E-state index contributed by atoms with van der Waals surface area (Å²) in [6.07, 6.45) is 5.79. The number of nitrogens with zero attached hydrogens (tertiary/aromatic N) is 1. The number of hydrogen-bond donors (Lipinski definition) is 1. The molecule has 0 aromatic heterocycles. The van der Waals surface area contributed by atoms with E-state index in [2.05, 4.69) is 11.4 Å². The first-order chi connectivity index (χ1) is 9.19. The van der Waals surface area contributed by atoms with Gasteiger partial charge in [0.1, 0.15) is 0 Å². The van der Waals surface area contributed by atoms with Gasteiger partial charge in [0.15, 0.2) is 5.75 Å². The molecule has 19 heavy (non-hydrogen) atoms. The summed E-state index contributed by atoms with van der Waals surface area (Å²) in [4.78, 5) is 10.5. The highest BCUT2D eigenvalue weighted by Gasteiger charge is 2.15. The third kappa shape index (κ3) is 4.99. The minimum absolute atomic E-state index is 0.00690. The zero-order chi connectivity index (χ0) is 14.1. The molecule has 1 aromatic carbocycles. The van der Waals surface area contributed by atoms with Crippen LogP contribution in [0, 0.1) is 10.1 Å². The van der Waals surface area contributed by atoms with Crippen LogP contribution < -0.4 is 10.1 Å².